The van der Waals surface area contributed by atoms with Crippen LogP contribution in [0.4, 0.5) is 5.69 Å². The van der Waals surface area contributed by atoms with Crippen LogP contribution >= 0.6 is 0 Å². The predicted octanol–water partition coefficient (Wildman–Crippen LogP) is 1.32. The van der Waals surface area contributed by atoms with Crippen LogP contribution < -0.4 is 14.4 Å². The largest absolute Gasteiger partial charge is 0.466 e. The summed E-state index contributed by atoms with van der Waals surface area (Å²) in [5.41, 5.74) is 0.482. The van der Waals surface area contributed by atoms with Gasteiger partial charge in [-0.3, -0.25) is 19.3 Å². The molecular formula is C19H22N2O6. The summed E-state index contributed by atoms with van der Waals surface area (Å²) in [6.45, 7) is 3.38. The van der Waals surface area contributed by atoms with Crippen LogP contribution in [-0.4, -0.2) is 55.2 Å². The summed E-state index contributed by atoms with van der Waals surface area (Å²) >= 11 is 0. The van der Waals surface area contributed by atoms with E-state index in [1.54, 1.807) is 25.1 Å². The van der Waals surface area contributed by atoms with Crippen LogP contribution in [0, 0.1) is 5.92 Å². The zero-order valence-corrected chi connectivity index (χ0v) is 15.2. The van der Waals surface area contributed by atoms with Crippen LogP contribution in [0.5, 0.6) is 11.5 Å². The summed E-state index contributed by atoms with van der Waals surface area (Å²) in [5.74, 6) is 0.137. The lowest BCUT2D eigenvalue weighted by molar-refractivity contribution is -0.150. The number of benzene rings is 1. The molecule has 0 spiro atoms. The molecule has 4 rings (SSSR count). The van der Waals surface area contributed by atoms with E-state index in [4.69, 9.17) is 14.2 Å². The van der Waals surface area contributed by atoms with Gasteiger partial charge in [-0.2, -0.15) is 0 Å². The van der Waals surface area contributed by atoms with Crippen molar-refractivity contribution in [2.75, 3.05) is 31.4 Å². The van der Waals surface area contributed by atoms with Gasteiger partial charge in [0.25, 0.3) is 5.91 Å². The molecule has 0 unspecified atom stereocenters. The number of nitrogens with zero attached hydrogens (tertiary/aromatic N) is 2. The van der Waals surface area contributed by atoms with Crippen LogP contribution in [0.15, 0.2) is 18.2 Å². The Balaban J connectivity index is 1.50. The molecule has 0 bridgehead atoms. The summed E-state index contributed by atoms with van der Waals surface area (Å²) < 4.78 is 15.7. The number of piperidine rings is 1. The minimum atomic E-state index is -0.542. The Morgan fingerprint density at radius 2 is 2.07 bits per heavy atom. The third-order valence-electron chi connectivity index (χ3n) is 5.25. The van der Waals surface area contributed by atoms with Crippen molar-refractivity contribution in [2.24, 2.45) is 5.92 Å². The van der Waals surface area contributed by atoms with E-state index in [2.05, 4.69) is 0 Å². The zero-order chi connectivity index (χ0) is 19.0. The fraction of sp³-hybridized carbons (Fsp3) is 0.526. The quantitative estimate of drug-likeness (QED) is 0.580. The van der Waals surface area contributed by atoms with Crippen molar-refractivity contribution >= 4 is 23.5 Å². The van der Waals surface area contributed by atoms with E-state index >= 15 is 0 Å². The number of hydrogen-bond acceptors (Lipinski definition) is 7. The Hall–Kier alpha value is -2.61. The van der Waals surface area contributed by atoms with Gasteiger partial charge in [0.05, 0.1) is 30.7 Å². The van der Waals surface area contributed by atoms with E-state index in [1.807, 2.05) is 4.90 Å². The van der Waals surface area contributed by atoms with Crippen molar-refractivity contribution in [3.63, 3.8) is 0 Å². The number of likely N-dealkylation sites (tertiary alicyclic amines) is 1. The maximum absolute atomic E-state index is 13.0. The third-order valence-corrected chi connectivity index (χ3v) is 5.25. The number of rotatable bonds is 4. The summed E-state index contributed by atoms with van der Waals surface area (Å²) in [4.78, 5) is 40.8. The van der Waals surface area contributed by atoms with E-state index in [-0.39, 0.29) is 36.9 Å². The molecule has 3 heterocycles. The normalized spacial score (nSPS) is 25.1. The molecule has 27 heavy (non-hydrogen) atoms. The highest BCUT2D eigenvalue weighted by Gasteiger charge is 2.44. The second-order valence-corrected chi connectivity index (χ2v) is 6.91. The molecule has 2 fully saturated rings. The first-order chi connectivity index (χ1) is 13.1. The van der Waals surface area contributed by atoms with Gasteiger partial charge in [-0.05, 0) is 38.4 Å². The molecule has 1 aromatic rings. The van der Waals surface area contributed by atoms with Crippen molar-refractivity contribution in [1.82, 2.24) is 4.90 Å². The molecule has 2 amide bonds. The molecular weight excluding hydrogens is 352 g/mol. The van der Waals surface area contributed by atoms with Crippen LogP contribution in [0.1, 0.15) is 26.2 Å². The number of carbonyl (C=O) groups excluding carboxylic acids is 3. The van der Waals surface area contributed by atoms with Crippen LogP contribution in [0.25, 0.3) is 0 Å². The molecule has 0 radical (unpaired) electrons. The van der Waals surface area contributed by atoms with E-state index in [9.17, 15) is 14.4 Å². The first-order valence-electron chi connectivity index (χ1n) is 9.25. The maximum atomic E-state index is 13.0. The number of ether oxygens (including phenoxy) is 3. The van der Waals surface area contributed by atoms with Gasteiger partial charge >= 0.3 is 5.97 Å². The first-order valence-corrected chi connectivity index (χ1v) is 9.25. The Morgan fingerprint density at radius 1 is 1.26 bits per heavy atom. The fourth-order valence-electron chi connectivity index (χ4n) is 3.94. The van der Waals surface area contributed by atoms with Crippen molar-refractivity contribution in [2.45, 2.75) is 32.2 Å². The Morgan fingerprint density at radius 3 is 2.89 bits per heavy atom. The van der Waals surface area contributed by atoms with Crippen LogP contribution in [0.3, 0.4) is 0 Å². The number of esters is 1. The molecule has 144 valence electrons. The number of anilines is 1. The smallest absolute Gasteiger partial charge is 0.310 e. The van der Waals surface area contributed by atoms with Crippen molar-refractivity contribution in [3.8, 4) is 11.5 Å². The molecule has 8 heteroatoms. The number of amides is 2. The topological polar surface area (TPSA) is 85.4 Å². The Labute approximate surface area is 157 Å². The van der Waals surface area contributed by atoms with E-state index < -0.39 is 6.04 Å². The SMILES string of the molecule is CCOC(=O)[C@@H]1CCCN([C@@H]2CC(=O)N(c3ccc4c(c3)OCO4)C2=O)C1. The van der Waals surface area contributed by atoms with Gasteiger partial charge in [-0.15, -0.1) is 0 Å². The molecule has 3 aliphatic heterocycles. The molecule has 2 saturated heterocycles. The molecule has 0 aliphatic carbocycles. The van der Waals surface area contributed by atoms with Gasteiger partial charge in [0.2, 0.25) is 12.7 Å². The first kappa shape index (κ1) is 17.8. The summed E-state index contributed by atoms with van der Waals surface area (Å²) in [5, 5.41) is 0. The predicted molar refractivity (Wildman–Crippen MR) is 94.4 cm³/mol. The number of imide groups is 1. The fourth-order valence-corrected chi connectivity index (χ4v) is 3.94. The second-order valence-electron chi connectivity index (χ2n) is 6.91. The minimum absolute atomic E-state index is 0.114. The van der Waals surface area contributed by atoms with Gasteiger partial charge < -0.3 is 14.2 Å². The Kier molecular flexibility index (Phi) is 4.73. The molecule has 0 N–H and O–H groups in total. The zero-order valence-electron chi connectivity index (χ0n) is 15.2. The van der Waals surface area contributed by atoms with Crippen molar-refractivity contribution in [3.05, 3.63) is 18.2 Å². The lowest BCUT2D eigenvalue weighted by atomic mass is 9.96. The second kappa shape index (κ2) is 7.19. The molecule has 1 aromatic carbocycles. The summed E-state index contributed by atoms with van der Waals surface area (Å²) in [6.07, 6.45) is 1.66. The molecule has 2 atom stereocenters. The molecule has 0 aromatic heterocycles. The van der Waals surface area contributed by atoms with Gasteiger partial charge in [0.1, 0.15) is 0 Å². The summed E-state index contributed by atoms with van der Waals surface area (Å²) in [7, 11) is 0. The highest BCUT2D eigenvalue weighted by molar-refractivity contribution is 6.22. The molecule has 0 saturated carbocycles. The van der Waals surface area contributed by atoms with Crippen LogP contribution in [-0.2, 0) is 19.1 Å². The van der Waals surface area contributed by atoms with Crippen molar-refractivity contribution < 1.29 is 28.6 Å². The maximum Gasteiger partial charge on any atom is 0.310 e. The van der Waals surface area contributed by atoms with Gasteiger partial charge in [0.15, 0.2) is 11.5 Å². The van der Waals surface area contributed by atoms with E-state index in [0.29, 0.717) is 36.9 Å². The average molecular weight is 374 g/mol. The average Bonchev–Trinajstić information content (AvgIpc) is 3.25. The number of hydrogen-bond donors (Lipinski definition) is 0. The monoisotopic (exact) mass is 374 g/mol. The minimum Gasteiger partial charge on any atom is -0.466 e. The molecule has 8 nitrogen and oxygen atoms in total. The van der Waals surface area contributed by atoms with Gasteiger partial charge in [-0.25, -0.2) is 4.90 Å². The van der Waals surface area contributed by atoms with Gasteiger partial charge in [0, 0.05) is 12.6 Å². The Bertz CT molecular complexity index is 779. The van der Waals surface area contributed by atoms with Gasteiger partial charge in [-0.1, -0.05) is 0 Å². The van der Waals surface area contributed by atoms with Crippen molar-refractivity contribution in [1.29, 1.82) is 0 Å². The summed E-state index contributed by atoms with van der Waals surface area (Å²) in [6, 6.07) is 4.49. The lowest BCUT2D eigenvalue weighted by Crippen LogP contribution is -2.48. The number of carbonyl (C=O) groups is 3. The van der Waals surface area contributed by atoms with E-state index in [1.165, 1.54) is 4.90 Å². The van der Waals surface area contributed by atoms with Crippen LogP contribution in [0.2, 0.25) is 0 Å². The highest BCUT2D eigenvalue weighted by atomic mass is 16.7. The third kappa shape index (κ3) is 3.25. The standard InChI is InChI=1S/C19H22N2O6/c1-2-25-19(24)12-4-3-7-20(10-12)14-9-17(22)21(18(14)23)13-5-6-15-16(8-13)27-11-26-15/h5-6,8,12,14H,2-4,7,9-11H2,1H3/t12-,14-/m1/s1. The molecule has 3 aliphatic rings. The lowest BCUT2D eigenvalue weighted by Gasteiger charge is -2.34. The van der Waals surface area contributed by atoms with E-state index in [0.717, 1.165) is 12.8 Å². The number of fused-ring (bicyclic) bond motifs is 1. The highest BCUT2D eigenvalue weighted by Crippen LogP contribution is 2.37.